The van der Waals surface area contributed by atoms with Crippen molar-refractivity contribution in [2.24, 2.45) is 0 Å². The van der Waals surface area contributed by atoms with Gasteiger partial charge in [-0.2, -0.15) is 4.98 Å². The minimum atomic E-state index is -1.30. The number of nitrogens with zero attached hydrogens (tertiary/aromatic N) is 3. The van der Waals surface area contributed by atoms with E-state index in [0.717, 1.165) is 4.90 Å². The third kappa shape index (κ3) is 3.11. The summed E-state index contributed by atoms with van der Waals surface area (Å²) < 4.78 is 18.4. The van der Waals surface area contributed by atoms with Crippen LogP contribution in [-0.4, -0.2) is 27.0 Å². The summed E-state index contributed by atoms with van der Waals surface area (Å²) in [5.74, 6) is -0.528. The number of carbonyl (C=O) groups is 2. The van der Waals surface area contributed by atoms with Crippen LogP contribution in [0.4, 0.5) is 9.18 Å². The monoisotopic (exact) mass is 400 g/mol. The molecule has 3 aromatic rings. The predicted molar refractivity (Wildman–Crippen MR) is 97.6 cm³/mol. The quantitative estimate of drug-likeness (QED) is 0.677. The summed E-state index contributed by atoms with van der Waals surface area (Å²) >= 11 is 5.96. The van der Waals surface area contributed by atoms with Crippen molar-refractivity contribution in [3.05, 3.63) is 70.8 Å². The van der Waals surface area contributed by atoms with Crippen molar-refractivity contribution in [3.8, 4) is 11.4 Å². The molecular formula is C19H14ClFN4O3. The highest BCUT2D eigenvalue weighted by molar-refractivity contribution is 6.30. The summed E-state index contributed by atoms with van der Waals surface area (Å²) in [7, 11) is 0. The summed E-state index contributed by atoms with van der Waals surface area (Å²) in [5, 5.41) is 7.03. The number of imide groups is 1. The lowest BCUT2D eigenvalue weighted by atomic mass is 9.92. The van der Waals surface area contributed by atoms with Crippen LogP contribution >= 0.6 is 11.6 Å². The van der Waals surface area contributed by atoms with Crippen molar-refractivity contribution in [2.45, 2.75) is 19.0 Å². The number of amides is 3. The van der Waals surface area contributed by atoms with E-state index in [2.05, 4.69) is 15.5 Å². The number of benzene rings is 2. The van der Waals surface area contributed by atoms with Gasteiger partial charge in [-0.3, -0.25) is 9.69 Å². The first-order chi connectivity index (χ1) is 13.4. The van der Waals surface area contributed by atoms with Gasteiger partial charge in [0.1, 0.15) is 17.9 Å². The van der Waals surface area contributed by atoms with Gasteiger partial charge in [0, 0.05) is 10.6 Å². The Bertz CT molecular complexity index is 1070. The topological polar surface area (TPSA) is 88.3 Å². The molecule has 0 spiro atoms. The smallest absolute Gasteiger partial charge is 0.325 e. The molecule has 1 atom stereocenters. The first kappa shape index (κ1) is 18.1. The summed E-state index contributed by atoms with van der Waals surface area (Å²) in [6.45, 7) is 1.38. The number of halogens is 2. The molecule has 2 heterocycles. The molecule has 4 rings (SSSR count). The molecule has 1 saturated heterocycles. The number of carbonyl (C=O) groups excluding carboxylic acids is 2. The first-order valence-corrected chi connectivity index (χ1v) is 8.73. The molecule has 1 unspecified atom stereocenters. The van der Waals surface area contributed by atoms with Gasteiger partial charge in [-0.05, 0) is 36.8 Å². The summed E-state index contributed by atoms with van der Waals surface area (Å²) in [6.07, 6.45) is 0. The number of aromatic nitrogens is 2. The molecule has 1 N–H and O–H groups in total. The van der Waals surface area contributed by atoms with Crippen LogP contribution in [-0.2, 0) is 16.9 Å². The highest BCUT2D eigenvalue weighted by Crippen LogP contribution is 2.30. The van der Waals surface area contributed by atoms with Crippen LogP contribution in [0.3, 0.4) is 0 Å². The van der Waals surface area contributed by atoms with E-state index in [4.69, 9.17) is 16.1 Å². The van der Waals surface area contributed by atoms with Crippen molar-refractivity contribution in [3.63, 3.8) is 0 Å². The fourth-order valence-electron chi connectivity index (χ4n) is 3.02. The van der Waals surface area contributed by atoms with E-state index in [1.165, 1.54) is 24.3 Å². The normalized spacial score (nSPS) is 19.2. The Morgan fingerprint density at radius 2 is 1.96 bits per heavy atom. The van der Waals surface area contributed by atoms with E-state index in [0.29, 0.717) is 22.0 Å². The van der Waals surface area contributed by atoms with Crippen molar-refractivity contribution < 1.29 is 18.5 Å². The molecule has 9 heteroatoms. The van der Waals surface area contributed by atoms with Gasteiger partial charge in [0.25, 0.3) is 5.91 Å². The van der Waals surface area contributed by atoms with E-state index in [1.54, 1.807) is 31.2 Å². The van der Waals surface area contributed by atoms with Crippen molar-refractivity contribution in [1.29, 1.82) is 0 Å². The maximum absolute atomic E-state index is 13.2. The van der Waals surface area contributed by atoms with Gasteiger partial charge in [-0.25, -0.2) is 9.18 Å². The molecule has 28 heavy (non-hydrogen) atoms. The highest BCUT2D eigenvalue weighted by atomic mass is 35.5. The molecule has 1 aliphatic heterocycles. The molecule has 1 aromatic heterocycles. The zero-order chi connectivity index (χ0) is 19.9. The van der Waals surface area contributed by atoms with Gasteiger partial charge in [0.15, 0.2) is 0 Å². The standard InChI is InChI=1S/C19H14ClFN4O3/c1-19(12-5-7-14(21)8-6-12)17(26)25(18(27)23-19)10-15-22-16(24-28-15)11-3-2-4-13(20)9-11/h2-9H,10H2,1H3,(H,23,27). The Kier molecular flexibility index (Phi) is 4.35. The molecule has 1 aliphatic rings. The summed E-state index contributed by atoms with van der Waals surface area (Å²) in [4.78, 5) is 30.5. The van der Waals surface area contributed by atoms with Gasteiger partial charge in [0.05, 0.1) is 0 Å². The summed E-state index contributed by atoms with van der Waals surface area (Å²) in [6, 6.07) is 11.7. The minimum Gasteiger partial charge on any atom is -0.337 e. The average molecular weight is 401 g/mol. The van der Waals surface area contributed by atoms with Gasteiger partial charge in [-0.15, -0.1) is 0 Å². The van der Waals surface area contributed by atoms with Crippen LogP contribution in [0, 0.1) is 5.82 Å². The lowest BCUT2D eigenvalue weighted by Crippen LogP contribution is -2.40. The Labute approximate surface area is 164 Å². The lowest BCUT2D eigenvalue weighted by Gasteiger charge is -2.21. The Morgan fingerprint density at radius 1 is 1.21 bits per heavy atom. The number of rotatable bonds is 4. The number of nitrogens with one attached hydrogen (secondary N) is 1. The second-order valence-electron chi connectivity index (χ2n) is 6.48. The van der Waals surface area contributed by atoms with E-state index >= 15 is 0 Å². The van der Waals surface area contributed by atoms with Crippen LogP contribution in [0.2, 0.25) is 5.02 Å². The van der Waals surface area contributed by atoms with Crippen LogP contribution < -0.4 is 5.32 Å². The maximum Gasteiger partial charge on any atom is 0.325 e. The van der Waals surface area contributed by atoms with Crippen molar-refractivity contribution >= 4 is 23.5 Å². The molecule has 0 radical (unpaired) electrons. The van der Waals surface area contributed by atoms with Gasteiger partial charge in [-0.1, -0.05) is 41.0 Å². The second-order valence-corrected chi connectivity index (χ2v) is 6.91. The first-order valence-electron chi connectivity index (χ1n) is 8.35. The zero-order valence-corrected chi connectivity index (χ0v) is 15.4. The molecular weight excluding hydrogens is 387 g/mol. The molecule has 0 aliphatic carbocycles. The van der Waals surface area contributed by atoms with Crippen LogP contribution in [0.15, 0.2) is 53.1 Å². The number of hydrogen-bond acceptors (Lipinski definition) is 5. The Hall–Kier alpha value is -3.26. The van der Waals surface area contributed by atoms with Crippen LogP contribution in [0.5, 0.6) is 0 Å². The molecule has 3 amide bonds. The van der Waals surface area contributed by atoms with E-state index < -0.39 is 23.3 Å². The molecule has 7 nitrogen and oxygen atoms in total. The average Bonchev–Trinajstić information content (AvgIpc) is 3.22. The van der Waals surface area contributed by atoms with E-state index in [-0.39, 0.29) is 12.4 Å². The van der Waals surface area contributed by atoms with E-state index in [9.17, 15) is 14.0 Å². The fraction of sp³-hybridized carbons (Fsp3) is 0.158. The molecule has 142 valence electrons. The molecule has 2 aromatic carbocycles. The Morgan fingerprint density at radius 3 is 2.68 bits per heavy atom. The van der Waals surface area contributed by atoms with Crippen LogP contribution in [0.1, 0.15) is 18.4 Å². The van der Waals surface area contributed by atoms with Crippen molar-refractivity contribution in [1.82, 2.24) is 20.4 Å². The summed E-state index contributed by atoms with van der Waals surface area (Å²) in [5.41, 5.74) is -0.184. The second kappa shape index (κ2) is 6.72. The van der Waals surface area contributed by atoms with Gasteiger partial charge >= 0.3 is 6.03 Å². The van der Waals surface area contributed by atoms with E-state index in [1.807, 2.05) is 0 Å². The SMILES string of the molecule is CC1(c2ccc(F)cc2)NC(=O)N(Cc2nc(-c3cccc(Cl)c3)no2)C1=O. The highest BCUT2D eigenvalue weighted by Gasteiger charge is 2.49. The van der Waals surface area contributed by atoms with Gasteiger partial charge in [0.2, 0.25) is 11.7 Å². The maximum atomic E-state index is 13.2. The van der Waals surface area contributed by atoms with Crippen molar-refractivity contribution in [2.75, 3.05) is 0 Å². The third-order valence-corrected chi connectivity index (χ3v) is 4.78. The number of hydrogen-bond donors (Lipinski definition) is 1. The number of urea groups is 1. The Balaban J connectivity index is 1.56. The molecule has 0 bridgehead atoms. The fourth-order valence-corrected chi connectivity index (χ4v) is 3.21. The lowest BCUT2D eigenvalue weighted by molar-refractivity contribution is -0.131. The van der Waals surface area contributed by atoms with Gasteiger partial charge < -0.3 is 9.84 Å². The zero-order valence-electron chi connectivity index (χ0n) is 14.6. The third-order valence-electron chi connectivity index (χ3n) is 4.54. The largest absolute Gasteiger partial charge is 0.337 e. The predicted octanol–water partition coefficient (Wildman–Crippen LogP) is 3.50. The minimum absolute atomic E-state index is 0.0989. The van der Waals surface area contributed by atoms with Crippen LogP contribution in [0.25, 0.3) is 11.4 Å². The molecule has 1 fully saturated rings. The molecule has 0 saturated carbocycles.